The number of rotatable bonds is 8. The van der Waals surface area contributed by atoms with Crippen molar-refractivity contribution in [3.05, 3.63) is 0 Å². The van der Waals surface area contributed by atoms with Gasteiger partial charge in [-0.3, -0.25) is 0 Å². The van der Waals surface area contributed by atoms with E-state index in [1.165, 1.54) is 43.4 Å². The second-order valence-electron chi connectivity index (χ2n) is 5.97. The molecule has 4 unspecified atom stereocenters. The van der Waals surface area contributed by atoms with Gasteiger partial charge in [0.2, 0.25) is 0 Å². The second-order valence-corrected chi connectivity index (χ2v) is 11.0. The van der Waals surface area contributed by atoms with Crippen LogP contribution in [-0.2, 0) is 18.9 Å². The molecule has 2 heterocycles. The van der Waals surface area contributed by atoms with Gasteiger partial charge in [0.15, 0.2) is 0 Å². The first-order chi connectivity index (χ1) is 10.2. The number of ether oxygens (including phenoxy) is 4. The monoisotopic (exact) mass is 336 g/mol. The summed E-state index contributed by atoms with van der Waals surface area (Å²) in [6.45, 7) is 0. The van der Waals surface area contributed by atoms with Gasteiger partial charge in [-0.25, -0.2) is 0 Å². The lowest BCUT2D eigenvalue weighted by molar-refractivity contribution is -0.00461. The SMILES string of the molecule is COC1CP(CCCP2CC(OC)C(OC)C2)CC1OC. The molecular formula is C15H30O4P2. The minimum absolute atomic E-state index is 0.113. The molecule has 0 saturated carbocycles. The van der Waals surface area contributed by atoms with Crippen LogP contribution in [0.1, 0.15) is 6.42 Å². The molecule has 2 saturated heterocycles. The zero-order valence-electron chi connectivity index (χ0n) is 13.8. The third kappa shape index (κ3) is 4.83. The third-order valence-electron chi connectivity index (χ3n) is 4.74. The lowest BCUT2D eigenvalue weighted by Gasteiger charge is -2.14. The van der Waals surface area contributed by atoms with Gasteiger partial charge in [-0.1, -0.05) is 0 Å². The summed E-state index contributed by atoms with van der Waals surface area (Å²) in [4.78, 5) is 0. The fourth-order valence-corrected chi connectivity index (χ4v) is 9.49. The largest absolute Gasteiger partial charge is 0.378 e. The molecule has 2 fully saturated rings. The van der Waals surface area contributed by atoms with E-state index >= 15 is 0 Å². The Kier molecular flexibility index (Phi) is 7.83. The van der Waals surface area contributed by atoms with Crippen LogP contribution in [0.3, 0.4) is 0 Å². The van der Waals surface area contributed by atoms with Crippen molar-refractivity contribution in [2.45, 2.75) is 30.8 Å². The van der Waals surface area contributed by atoms with Crippen LogP contribution in [-0.4, -0.2) is 89.8 Å². The molecule has 0 radical (unpaired) electrons. The van der Waals surface area contributed by atoms with E-state index in [0.717, 1.165) is 0 Å². The van der Waals surface area contributed by atoms with Crippen molar-refractivity contribution in [3.63, 3.8) is 0 Å². The number of hydrogen-bond acceptors (Lipinski definition) is 4. The summed E-state index contributed by atoms with van der Waals surface area (Å²) in [5.74, 6) is 0. The maximum atomic E-state index is 5.54. The average Bonchev–Trinajstić information content (AvgIpc) is 3.10. The van der Waals surface area contributed by atoms with Gasteiger partial charge >= 0.3 is 0 Å². The summed E-state index contributed by atoms with van der Waals surface area (Å²) < 4.78 is 22.2. The zero-order chi connectivity index (χ0) is 15.2. The van der Waals surface area contributed by atoms with Crippen molar-refractivity contribution in [1.82, 2.24) is 0 Å². The summed E-state index contributed by atoms with van der Waals surface area (Å²) in [5.41, 5.74) is 0. The van der Waals surface area contributed by atoms with Gasteiger partial charge in [-0.2, -0.15) is 0 Å². The normalized spacial score (nSPS) is 40.0. The lowest BCUT2D eigenvalue weighted by atomic mass is 10.3. The lowest BCUT2D eigenvalue weighted by Crippen LogP contribution is -2.27. The molecule has 2 rings (SSSR count). The van der Waals surface area contributed by atoms with E-state index in [4.69, 9.17) is 18.9 Å². The van der Waals surface area contributed by atoms with Crippen molar-refractivity contribution >= 4 is 15.8 Å². The summed E-state index contributed by atoms with van der Waals surface area (Å²) in [5, 5.41) is 0. The third-order valence-corrected chi connectivity index (χ3v) is 10.1. The standard InChI is InChI=1S/C15H30O4P2/c1-16-12-8-20(9-13(12)17-2)6-5-7-21-10-14(18-3)15(11-21)19-4/h12-15H,5-11H2,1-4H3. The second kappa shape index (κ2) is 9.11. The molecule has 0 aromatic heterocycles. The Labute approximate surface area is 131 Å². The zero-order valence-corrected chi connectivity index (χ0v) is 15.6. The maximum absolute atomic E-state index is 5.54. The Balaban J connectivity index is 1.66. The Morgan fingerprint density at radius 2 is 0.905 bits per heavy atom. The molecule has 0 amide bonds. The molecule has 0 aromatic rings. The van der Waals surface area contributed by atoms with Gasteiger partial charge in [0.25, 0.3) is 0 Å². The smallest absolute Gasteiger partial charge is 0.0875 e. The molecule has 0 aromatic carbocycles. The molecule has 0 spiro atoms. The quantitative estimate of drug-likeness (QED) is 0.638. The van der Waals surface area contributed by atoms with Crippen molar-refractivity contribution in [2.24, 2.45) is 0 Å². The first-order valence-corrected chi connectivity index (χ1v) is 11.6. The van der Waals surface area contributed by atoms with Gasteiger partial charge in [-0.05, 0) is 43.4 Å². The first kappa shape index (κ1) is 18.0. The Morgan fingerprint density at radius 3 is 1.14 bits per heavy atom. The molecule has 4 atom stereocenters. The highest BCUT2D eigenvalue weighted by Crippen LogP contribution is 2.49. The van der Waals surface area contributed by atoms with Crippen LogP contribution in [0, 0.1) is 0 Å². The minimum Gasteiger partial charge on any atom is -0.378 e. The fraction of sp³-hybridized carbons (Fsp3) is 1.00. The molecule has 2 aliphatic rings. The molecular weight excluding hydrogens is 306 g/mol. The van der Waals surface area contributed by atoms with E-state index in [2.05, 4.69) is 0 Å². The van der Waals surface area contributed by atoms with E-state index in [0.29, 0.717) is 24.4 Å². The van der Waals surface area contributed by atoms with Gasteiger partial charge in [-0.15, -0.1) is 15.8 Å². The van der Waals surface area contributed by atoms with E-state index in [9.17, 15) is 0 Å². The van der Waals surface area contributed by atoms with E-state index < -0.39 is 0 Å². The van der Waals surface area contributed by atoms with Crippen molar-refractivity contribution in [1.29, 1.82) is 0 Å². The highest BCUT2D eigenvalue weighted by Gasteiger charge is 2.35. The van der Waals surface area contributed by atoms with Gasteiger partial charge < -0.3 is 18.9 Å². The summed E-state index contributed by atoms with van der Waals surface area (Å²) in [7, 11) is 7.48. The van der Waals surface area contributed by atoms with Crippen LogP contribution in [0.15, 0.2) is 0 Å². The van der Waals surface area contributed by atoms with Crippen LogP contribution in [0.25, 0.3) is 0 Å². The van der Waals surface area contributed by atoms with Crippen LogP contribution in [0.2, 0.25) is 0 Å². The summed E-state index contributed by atoms with van der Waals surface area (Å²) in [6.07, 6.45) is 10.3. The van der Waals surface area contributed by atoms with Crippen molar-refractivity contribution in [2.75, 3.05) is 65.4 Å². The van der Waals surface area contributed by atoms with Crippen LogP contribution in [0.5, 0.6) is 0 Å². The Morgan fingerprint density at radius 1 is 0.619 bits per heavy atom. The van der Waals surface area contributed by atoms with Gasteiger partial charge in [0.05, 0.1) is 24.4 Å². The van der Waals surface area contributed by atoms with E-state index in [1.54, 1.807) is 0 Å². The molecule has 6 heteroatoms. The number of hydrogen-bond donors (Lipinski definition) is 0. The van der Waals surface area contributed by atoms with Gasteiger partial charge in [0.1, 0.15) is 0 Å². The molecule has 0 aliphatic carbocycles. The first-order valence-electron chi connectivity index (χ1n) is 7.77. The minimum atomic E-state index is 0.113. The summed E-state index contributed by atoms with van der Waals surface area (Å²) in [6, 6.07) is 0. The Bertz CT molecular complexity index is 253. The van der Waals surface area contributed by atoms with Crippen molar-refractivity contribution < 1.29 is 18.9 Å². The van der Waals surface area contributed by atoms with E-state index in [-0.39, 0.29) is 15.8 Å². The highest BCUT2D eigenvalue weighted by molar-refractivity contribution is 7.59. The van der Waals surface area contributed by atoms with Crippen LogP contribution < -0.4 is 0 Å². The molecule has 2 aliphatic heterocycles. The molecule has 0 bridgehead atoms. The predicted octanol–water partition coefficient (Wildman–Crippen LogP) is 2.43. The maximum Gasteiger partial charge on any atom is 0.0875 e. The Hall–Kier alpha value is 0.700. The van der Waals surface area contributed by atoms with Gasteiger partial charge in [0, 0.05) is 28.4 Å². The molecule has 0 N–H and O–H groups in total. The predicted molar refractivity (Wildman–Crippen MR) is 90.8 cm³/mol. The fourth-order valence-electron chi connectivity index (χ4n) is 3.43. The van der Waals surface area contributed by atoms with Crippen LogP contribution >= 0.6 is 15.8 Å². The number of methoxy groups -OCH3 is 4. The molecule has 4 nitrogen and oxygen atoms in total. The van der Waals surface area contributed by atoms with Crippen molar-refractivity contribution in [3.8, 4) is 0 Å². The van der Waals surface area contributed by atoms with E-state index in [1.807, 2.05) is 28.4 Å². The summed E-state index contributed by atoms with van der Waals surface area (Å²) >= 11 is 0. The average molecular weight is 336 g/mol. The van der Waals surface area contributed by atoms with Crippen LogP contribution in [0.4, 0.5) is 0 Å². The topological polar surface area (TPSA) is 36.9 Å². The highest BCUT2D eigenvalue weighted by atomic mass is 31.1. The molecule has 21 heavy (non-hydrogen) atoms. The molecule has 124 valence electrons.